The maximum Gasteiger partial charge on any atom is 0.240 e. The van der Waals surface area contributed by atoms with E-state index < -0.39 is 10.0 Å². The average molecular weight is 283 g/mol. The molecule has 0 radical (unpaired) electrons. The highest BCUT2D eigenvalue weighted by atomic mass is 32.2. The Bertz CT molecular complexity index is 534. The zero-order chi connectivity index (χ0) is 13.9. The molecule has 1 aromatic rings. The van der Waals surface area contributed by atoms with Crippen LogP contribution in [0, 0.1) is 0 Å². The summed E-state index contributed by atoms with van der Waals surface area (Å²) in [5.74, 6) is 0. The van der Waals surface area contributed by atoms with Gasteiger partial charge in [-0.1, -0.05) is 19.9 Å². The van der Waals surface area contributed by atoms with Crippen LogP contribution in [0.4, 0.5) is 0 Å². The van der Waals surface area contributed by atoms with Gasteiger partial charge in [-0.3, -0.25) is 0 Å². The Labute approximate surface area is 115 Å². The smallest absolute Gasteiger partial charge is 0.240 e. The van der Waals surface area contributed by atoms with Crippen LogP contribution in [0.25, 0.3) is 0 Å². The molecular formula is C14H21NO3S. The van der Waals surface area contributed by atoms with Crippen LogP contribution in [-0.2, 0) is 27.6 Å². The molecule has 0 saturated carbocycles. The number of rotatable bonds is 5. The van der Waals surface area contributed by atoms with Crippen LogP contribution >= 0.6 is 0 Å². The Morgan fingerprint density at radius 2 is 2.00 bits per heavy atom. The van der Waals surface area contributed by atoms with Crippen LogP contribution in [0.5, 0.6) is 0 Å². The second-order valence-electron chi connectivity index (χ2n) is 4.82. The summed E-state index contributed by atoms with van der Waals surface area (Å²) in [6, 6.07) is 5.30. The Hall–Kier alpha value is -0.910. The molecule has 4 nitrogen and oxygen atoms in total. The maximum atomic E-state index is 12.3. The van der Waals surface area contributed by atoms with Crippen molar-refractivity contribution in [3.05, 3.63) is 29.3 Å². The summed E-state index contributed by atoms with van der Waals surface area (Å²) < 4.78 is 32.5. The summed E-state index contributed by atoms with van der Waals surface area (Å²) in [4.78, 5) is 0.355. The molecule has 1 fully saturated rings. The Morgan fingerprint density at radius 1 is 1.26 bits per heavy atom. The third-order valence-electron chi connectivity index (χ3n) is 3.50. The second kappa shape index (κ2) is 6.03. The van der Waals surface area contributed by atoms with E-state index in [-0.39, 0.29) is 6.04 Å². The van der Waals surface area contributed by atoms with E-state index >= 15 is 0 Å². The predicted octanol–water partition coefficient (Wildman–Crippen LogP) is 1.88. The van der Waals surface area contributed by atoms with Gasteiger partial charge in [-0.25, -0.2) is 13.1 Å². The molecule has 1 aliphatic heterocycles. The molecule has 0 aliphatic carbocycles. The van der Waals surface area contributed by atoms with Crippen molar-refractivity contribution in [1.82, 2.24) is 4.72 Å². The van der Waals surface area contributed by atoms with E-state index in [0.717, 1.165) is 24.8 Å². The van der Waals surface area contributed by atoms with Crippen molar-refractivity contribution in [2.75, 3.05) is 13.2 Å². The first-order valence-electron chi connectivity index (χ1n) is 6.78. The van der Waals surface area contributed by atoms with E-state index in [1.54, 1.807) is 12.1 Å². The van der Waals surface area contributed by atoms with Crippen LogP contribution in [0.3, 0.4) is 0 Å². The molecule has 1 aromatic carbocycles. The predicted molar refractivity (Wildman–Crippen MR) is 74.7 cm³/mol. The van der Waals surface area contributed by atoms with Crippen LogP contribution in [0.15, 0.2) is 23.1 Å². The van der Waals surface area contributed by atoms with Gasteiger partial charge in [0.25, 0.3) is 0 Å². The first-order chi connectivity index (χ1) is 9.06. The highest BCUT2D eigenvalue weighted by Crippen LogP contribution is 2.18. The van der Waals surface area contributed by atoms with Gasteiger partial charge in [-0.15, -0.1) is 0 Å². The summed E-state index contributed by atoms with van der Waals surface area (Å²) in [7, 11) is -3.43. The lowest BCUT2D eigenvalue weighted by atomic mass is 10.0. The van der Waals surface area contributed by atoms with Crippen molar-refractivity contribution >= 4 is 10.0 Å². The standard InChI is InChI=1S/C14H21NO3S/c1-3-11-5-6-14(9-12(11)4-2)19(16,17)15-13-7-8-18-10-13/h5-6,9,13,15H,3-4,7-8,10H2,1-2H3. The maximum absolute atomic E-state index is 12.3. The summed E-state index contributed by atoms with van der Waals surface area (Å²) >= 11 is 0. The summed E-state index contributed by atoms with van der Waals surface area (Å²) in [5.41, 5.74) is 2.32. The molecule has 19 heavy (non-hydrogen) atoms. The van der Waals surface area contributed by atoms with Gasteiger partial charge in [-0.2, -0.15) is 0 Å². The molecular weight excluding hydrogens is 262 g/mol. The molecule has 0 aromatic heterocycles. The SMILES string of the molecule is CCc1ccc(S(=O)(=O)NC2CCOC2)cc1CC. The monoisotopic (exact) mass is 283 g/mol. The highest BCUT2D eigenvalue weighted by molar-refractivity contribution is 7.89. The molecule has 1 unspecified atom stereocenters. The van der Waals surface area contributed by atoms with Gasteiger partial charge in [0, 0.05) is 12.6 Å². The number of aryl methyl sites for hydroxylation is 2. The lowest BCUT2D eigenvalue weighted by Crippen LogP contribution is -2.35. The summed E-state index contributed by atoms with van der Waals surface area (Å²) in [6.07, 6.45) is 2.51. The van der Waals surface area contributed by atoms with Crippen LogP contribution in [0.2, 0.25) is 0 Å². The minimum Gasteiger partial charge on any atom is -0.380 e. The molecule has 1 atom stereocenters. The number of sulfonamides is 1. The zero-order valence-corrected chi connectivity index (χ0v) is 12.3. The number of nitrogens with one attached hydrogen (secondary N) is 1. The van der Waals surface area contributed by atoms with Crippen molar-refractivity contribution in [2.24, 2.45) is 0 Å². The fourth-order valence-corrected chi connectivity index (χ4v) is 3.66. The van der Waals surface area contributed by atoms with E-state index in [1.807, 2.05) is 13.0 Å². The molecule has 1 N–H and O–H groups in total. The molecule has 0 bridgehead atoms. The number of hydrogen-bond acceptors (Lipinski definition) is 3. The number of benzene rings is 1. The molecule has 2 rings (SSSR count). The van der Waals surface area contributed by atoms with Crippen molar-refractivity contribution in [3.8, 4) is 0 Å². The van der Waals surface area contributed by atoms with Crippen molar-refractivity contribution in [2.45, 2.75) is 44.0 Å². The number of ether oxygens (including phenoxy) is 1. The van der Waals surface area contributed by atoms with Crippen molar-refractivity contribution in [1.29, 1.82) is 0 Å². The van der Waals surface area contributed by atoms with E-state index in [2.05, 4.69) is 11.6 Å². The zero-order valence-electron chi connectivity index (χ0n) is 11.5. The summed E-state index contributed by atoms with van der Waals surface area (Å²) in [6.45, 7) is 5.22. The van der Waals surface area contributed by atoms with Gasteiger partial charge in [-0.05, 0) is 42.5 Å². The first-order valence-corrected chi connectivity index (χ1v) is 8.27. The van der Waals surface area contributed by atoms with Gasteiger partial charge >= 0.3 is 0 Å². The van der Waals surface area contributed by atoms with Gasteiger partial charge in [0.05, 0.1) is 11.5 Å². The molecule has 1 aliphatic rings. The van der Waals surface area contributed by atoms with E-state index in [4.69, 9.17) is 4.74 Å². The Morgan fingerprint density at radius 3 is 2.58 bits per heavy atom. The highest BCUT2D eigenvalue weighted by Gasteiger charge is 2.23. The van der Waals surface area contributed by atoms with Crippen LogP contribution in [0.1, 0.15) is 31.4 Å². The lowest BCUT2D eigenvalue weighted by Gasteiger charge is -2.13. The minimum atomic E-state index is -3.43. The van der Waals surface area contributed by atoms with Crippen molar-refractivity contribution < 1.29 is 13.2 Å². The second-order valence-corrected chi connectivity index (χ2v) is 6.53. The molecule has 0 amide bonds. The van der Waals surface area contributed by atoms with Gasteiger partial charge in [0.2, 0.25) is 10.0 Å². The van der Waals surface area contributed by atoms with Gasteiger partial charge in [0.1, 0.15) is 0 Å². The average Bonchev–Trinajstić information content (AvgIpc) is 2.89. The third-order valence-corrected chi connectivity index (χ3v) is 5.02. The topological polar surface area (TPSA) is 55.4 Å². The Kier molecular flexibility index (Phi) is 4.60. The van der Waals surface area contributed by atoms with E-state index in [0.29, 0.717) is 18.1 Å². The van der Waals surface area contributed by atoms with Crippen LogP contribution < -0.4 is 4.72 Å². The molecule has 0 spiro atoms. The van der Waals surface area contributed by atoms with Gasteiger partial charge in [0.15, 0.2) is 0 Å². The normalized spacial score (nSPS) is 19.8. The Balaban J connectivity index is 2.24. The molecule has 5 heteroatoms. The largest absolute Gasteiger partial charge is 0.380 e. The number of hydrogen-bond donors (Lipinski definition) is 1. The van der Waals surface area contributed by atoms with Gasteiger partial charge < -0.3 is 4.74 Å². The quantitative estimate of drug-likeness (QED) is 0.897. The van der Waals surface area contributed by atoms with Crippen LogP contribution in [-0.4, -0.2) is 27.7 Å². The van der Waals surface area contributed by atoms with E-state index in [9.17, 15) is 8.42 Å². The van der Waals surface area contributed by atoms with Crippen molar-refractivity contribution in [3.63, 3.8) is 0 Å². The van der Waals surface area contributed by atoms with E-state index in [1.165, 1.54) is 5.56 Å². The minimum absolute atomic E-state index is 0.0964. The fourth-order valence-electron chi connectivity index (χ4n) is 2.36. The fraction of sp³-hybridized carbons (Fsp3) is 0.571. The lowest BCUT2D eigenvalue weighted by molar-refractivity contribution is 0.192. The summed E-state index contributed by atoms with van der Waals surface area (Å²) in [5, 5.41) is 0. The molecule has 106 valence electrons. The first kappa shape index (κ1) is 14.5. The molecule has 1 heterocycles. The third kappa shape index (κ3) is 3.35. The molecule has 1 saturated heterocycles.